The number of hydrogen-bond acceptors (Lipinski definition) is 3. The first-order valence-electron chi connectivity index (χ1n) is 7.11. The molecule has 0 unspecified atom stereocenters. The van der Waals surface area contributed by atoms with Crippen molar-refractivity contribution >= 4 is 23.3 Å². The minimum atomic E-state index is -0.818. The number of hydrogen-bond donors (Lipinski definition) is 2. The average molecular weight is 312 g/mol. The zero-order valence-corrected chi connectivity index (χ0v) is 13.7. The molecule has 0 saturated carbocycles. The summed E-state index contributed by atoms with van der Waals surface area (Å²) in [4.78, 5) is 25.6. The van der Waals surface area contributed by atoms with Crippen molar-refractivity contribution in [1.29, 1.82) is 0 Å². The Labute approximate surface area is 130 Å². The third-order valence-electron chi connectivity index (χ3n) is 3.13. The van der Waals surface area contributed by atoms with Gasteiger partial charge in [-0.2, -0.15) is 0 Å². The van der Waals surface area contributed by atoms with Crippen molar-refractivity contribution in [2.45, 2.75) is 33.2 Å². The molecule has 0 radical (unpaired) electrons. The number of carboxylic acid groups (broad SMARTS) is 1. The van der Waals surface area contributed by atoms with Gasteiger partial charge in [-0.3, -0.25) is 4.79 Å². The molecule has 0 aliphatic rings. The van der Waals surface area contributed by atoms with Crippen LogP contribution in [0.2, 0.25) is 0 Å². The van der Waals surface area contributed by atoms with E-state index in [1.54, 1.807) is 23.3 Å². The van der Waals surface area contributed by atoms with Gasteiger partial charge in [-0.1, -0.05) is 19.9 Å². The van der Waals surface area contributed by atoms with E-state index in [2.05, 4.69) is 19.2 Å². The Morgan fingerprint density at radius 1 is 1.43 bits per heavy atom. The predicted molar refractivity (Wildman–Crippen MR) is 84.4 cm³/mol. The smallest absolute Gasteiger partial charge is 0.317 e. The van der Waals surface area contributed by atoms with Gasteiger partial charge in [-0.05, 0) is 29.7 Å². The maximum Gasteiger partial charge on any atom is 0.317 e. The Morgan fingerprint density at radius 2 is 2.14 bits per heavy atom. The number of nitrogens with zero attached hydrogens (tertiary/aromatic N) is 1. The van der Waals surface area contributed by atoms with Crippen molar-refractivity contribution < 1.29 is 14.7 Å². The van der Waals surface area contributed by atoms with Gasteiger partial charge in [0.25, 0.3) is 0 Å². The molecular formula is C15H24N2O3S. The first-order chi connectivity index (χ1) is 9.88. The molecule has 2 amide bonds. The molecule has 1 aromatic heterocycles. The number of rotatable bonds is 8. The fourth-order valence-corrected chi connectivity index (χ4v) is 2.98. The summed E-state index contributed by atoms with van der Waals surface area (Å²) in [5, 5.41) is 13.7. The molecule has 0 fully saturated rings. The predicted octanol–water partition coefficient (Wildman–Crippen LogP) is 3.03. The molecule has 0 aliphatic heterocycles. The molecule has 21 heavy (non-hydrogen) atoms. The standard InChI is InChI=1S/C15H24N2O3S/c1-11(2)7-12(8-14(18)19)9-16-15(20)17(3)10-13-5-4-6-21-13/h4-6,11-12H,7-10H2,1-3H3,(H,16,20)(H,18,19)/t12-/m0/s1. The second-order valence-electron chi connectivity index (χ2n) is 5.71. The first-order valence-corrected chi connectivity index (χ1v) is 7.99. The van der Waals surface area contributed by atoms with Gasteiger partial charge in [0.1, 0.15) is 0 Å². The maximum atomic E-state index is 12.0. The van der Waals surface area contributed by atoms with E-state index in [9.17, 15) is 9.59 Å². The van der Waals surface area contributed by atoms with Crippen LogP contribution in [0, 0.1) is 11.8 Å². The van der Waals surface area contributed by atoms with Crippen molar-refractivity contribution in [1.82, 2.24) is 10.2 Å². The van der Waals surface area contributed by atoms with Crippen molar-refractivity contribution in [3.8, 4) is 0 Å². The number of thiophene rings is 1. The summed E-state index contributed by atoms with van der Waals surface area (Å²) in [5.74, 6) is -0.432. The SMILES string of the molecule is CC(C)C[C@H](CNC(=O)N(C)Cc1cccs1)CC(=O)O. The van der Waals surface area contributed by atoms with Crippen LogP contribution in [0.5, 0.6) is 0 Å². The summed E-state index contributed by atoms with van der Waals surface area (Å²) < 4.78 is 0. The second-order valence-corrected chi connectivity index (χ2v) is 6.75. The Balaban J connectivity index is 2.42. The molecule has 1 heterocycles. The van der Waals surface area contributed by atoms with Gasteiger partial charge in [-0.15, -0.1) is 11.3 Å². The second kappa shape index (κ2) is 8.67. The van der Waals surface area contributed by atoms with Gasteiger partial charge in [0.05, 0.1) is 6.54 Å². The topological polar surface area (TPSA) is 69.6 Å². The Morgan fingerprint density at radius 3 is 2.67 bits per heavy atom. The highest BCUT2D eigenvalue weighted by Gasteiger charge is 2.17. The quantitative estimate of drug-likeness (QED) is 0.775. The molecule has 0 aromatic carbocycles. The highest BCUT2D eigenvalue weighted by atomic mass is 32.1. The minimum Gasteiger partial charge on any atom is -0.481 e. The van der Waals surface area contributed by atoms with E-state index in [0.717, 1.165) is 11.3 Å². The van der Waals surface area contributed by atoms with Crippen molar-refractivity contribution in [3.05, 3.63) is 22.4 Å². The van der Waals surface area contributed by atoms with E-state index in [1.807, 2.05) is 17.5 Å². The molecule has 0 aliphatic carbocycles. The summed E-state index contributed by atoms with van der Waals surface area (Å²) in [6.45, 7) is 5.08. The van der Waals surface area contributed by atoms with Crippen molar-refractivity contribution in [2.24, 2.45) is 11.8 Å². The molecule has 5 nitrogen and oxygen atoms in total. The summed E-state index contributed by atoms with van der Waals surface area (Å²) in [5.41, 5.74) is 0. The van der Waals surface area contributed by atoms with Gasteiger partial charge >= 0.3 is 12.0 Å². The van der Waals surface area contributed by atoms with Crippen LogP contribution in [-0.4, -0.2) is 35.6 Å². The number of carbonyl (C=O) groups is 2. The van der Waals surface area contributed by atoms with Crippen molar-refractivity contribution in [2.75, 3.05) is 13.6 Å². The number of carboxylic acids is 1. The lowest BCUT2D eigenvalue weighted by Crippen LogP contribution is -2.39. The molecule has 2 N–H and O–H groups in total. The van der Waals surface area contributed by atoms with Gasteiger partial charge < -0.3 is 15.3 Å². The summed E-state index contributed by atoms with van der Waals surface area (Å²) in [6.07, 6.45) is 0.883. The van der Waals surface area contributed by atoms with E-state index in [-0.39, 0.29) is 18.4 Å². The van der Waals surface area contributed by atoms with Crippen LogP contribution in [-0.2, 0) is 11.3 Å². The largest absolute Gasteiger partial charge is 0.481 e. The lowest BCUT2D eigenvalue weighted by molar-refractivity contribution is -0.138. The molecule has 0 spiro atoms. The molecular weight excluding hydrogens is 288 g/mol. The number of amides is 2. The van der Waals surface area contributed by atoms with Crippen LogP contribution < -0.4 is 5.32 Å². The lowest BCUT2D eigenvalue weighted by Gasteiger charge is -2.21. The molecule has 1 atom stereocenters. The molecule has 1 rings (SSSR count). The van der Waals surface area contributed by atoms with Crippen LogP contribution >= 0.6 is 11.3 Å². The molecule has 0 saturated heterocycles. The van der Waals surface area contributed by atoms with Gasteiger partial charge in [0.2, 0.25) is 0 Å². The summed E-state index contributed by atoms with van der Waals surface area (Å²) in [6, 6.07) is 3.78. The number of aliphatic carboxylic acids is 1. The average Bonchev–Trinajstić information content (AvgIpc) is 2.86. The van der Waals surface area contributed by atoms with Crippen LogP contribution in [0.25, 0.3) is 0 Å². The van der Waals surface area contributed by atoms with Gasteiger partial charge in [0, 0.05) is 24.9 Å². The molecule has 1 aromatic rings. The van der Waals surface area contributed by atoms with Crippen LogP contribution in [0.15, 0.2) is 17.5 Å². The highest BCUT2D eigenvalue weighted by Crippen LogP contribution is 2.15. The minimum absolute atomic E-state index is 0.0263. The van der Waals surface area contributed by atoms with E-state index < -0.39 is 5.97 Å². The fourth-order valence-electron chi connectivity index (χ4n) is 2.23. The third-order valence-corrected chi connectivity index (χ3v) is 3.99. The lowest BCUT2D eigenvalue weighted by atomic mass is 9.94. The Hall–Kier alpha value is -1.56. The highest BCUT2D eigenvalue weighted by molar-refractivity contribution is 7.09. The fraction of sp³-hybridized carbons (Fsp3) is 0.600. The Kier molecular flexibility index (Phi) is 7.22. The van der Waals surface area contributed by atoms with E-state index in [1.165, 1.54) is 0 Å². The maximum absolute atomic E-state index is 12.0. The number of urea groups is 1. The van der Waals surface area contributed by atoms with Crippen molar-refractivity contribution in [3.63, 3.8) is 0 Å². The van der Waals surface area contributed by atoms with Crippen LogP contribution in [0.4, 0.5) is 4.79 Å². The van der Waals surface area contributed by atoms with E-state index >= 15 is 0 Å². The van der Waals surface area contributed by atoms with E-state index in [0.29, 0.717) is 19.0 Å². The third kappa shape index (κ3) is 7.13. The van der Waals surface area contributed by atoms with Crippen LogP contribution in [0.1, 0.15) is 31.6 Å². The zero-order valence-electron chi connectivity index (χ0n) is 12.8. The zero-order chi connectivity index (χ0) is 15.8. The first kappa shape index (κ1) is 17.5. The number of nitrogens with one attached hydrogen (secondary N) is 1. The van der Waals surface area contributed by atoms with Crippen LogP contribution in [0.3, 0.4) is 0 Å². The normalized spacial score (nSPS) is 12.2. The summed E-state index contributed by atoms with van der Waals surface area (Å²) in [7, 11) is 1.74. The Bertz CT molecular complexity index is 446. The number of carbonyl (C=O) groups excluding carboxylic acids is 1. The van der Waals surface area contributed by atoms with E-state index in [4.69, 9.17) is 5.11 Å². The molecule has 6 heteroatoms. The van der Waals surface area contributed by atoms with Gasteiger partial charge in [-0.25, -0.2) is 4.79 Å². The summed E-state index contributed by atoms with van der Waals surface area (Å²) >= 11 is 1.61. The molecule has 118 valence electrons. The van der Waals surface area contributed by atoms with Gasteiger partial charge in [0.15, 0.2) is 0 Å². The monoisotopic (exact) mass is 312 g/mol. The molecule has 0 bridgehead atoms.